The first-order valence-electron chi connectivity index (χ1n) is 19.9. The molecule has 0 amide bonds. The van der Waals surface area contributed by atoms with E-state index in [9.17, 15) is 33.4 Å². The first kappa shape index (κ1) is 43.6. The summed E-state index contributed by atoms with van der Waals surface area (Å²) < 4.78 is 68.1. The van der Waals surface area contributed by atoms with E-state index in [0.717, 1.165) is 61.0 Å². The molecule has 64 heavy (non-hydrogen) atoms. The van der Waals surface area contributed by atoms with Gasteiger partial charge in [0.2, 0.25) is 0 Å². The molecular formula is C45H37ClF4N8O6. The van der Waals surface area contributed by atoms with Crippen LogP contribution in [0.4, 0.5) is 51.8 Å². The third-order valence-corrected chi connectivity index (χ3v) is 11.4. The van der Waals surface area contributed by atoms with Crippen molar-refractivity contribution in [2.45, 2.75) is 13.8 Å². The minimum Gasteiger partial charge on any atom is -0.378 e. The van der Waals surface area contributed by atoms with Crippen molar-refractivity contribution in [2.24, 2.45) is 0 Å². The van der Waals surface area contributed by atoms with E-state index < -0.39 is 33.1 Å². The lowest BCUT2D eigenvalue weighted by Gasteiger charge is -2.32. The fraction of sp³-hybridized carbons (Fsp3) is 0.222. The Bertz CT molecular complexity index is 2970. The summed E-state index contributed by atoms with van der Waals surface area (Å²) in [5.74, 6) is -1.62. The van der Waals surface area contributed by atoms with Crippen molar-refractivity contribution >= 4 is 67.7 Å². The molecule has 0 saturated carbocycles. The average molecular weight is 897 g/mol. The van der Waals surface area contributed by atoms with E-state index in [2.05, 4.69) is 25.1 Å². The minimum absolute atomic E-state index is 0.0421. The van der Waals surface area contributed by atoms with Crippen molar-refractivity contribution in [3.8, 4) is 22.5 Å². The second kappa shape index (κ2) is 18.4. The number of anilines is 4. The monoisotopic (exact) mass is 896 g/mol. The Labute approximate surface area is 367 Å². The van der Waals surface area contributed by atoms with Crippen molar-refractivity contribution in [2.75, 3.05) is 67.7 Å². The van der Waals surface area contributed by atoms with Crippen LogP contribution in [0.15, 0.2) is 85.1 Å². The number of nitro groups is 2. The number of hydrogen-bond donors (Lipinski definition) is 1. The van der Waals surface area contributed by atoms with Gasteiger partial charge in [-0.25, -0.2) is 32.5 Å². The molecule has 0 aliphatic carbocycles. The maximum absolute atomic E-state index is 15.1. The standard InChI is InChI=1S/C29H28F2N6O4.C16H9ClF2N2O2/c1-18-27(22-4-2-19(30)14-25(22)33-28(18)23-15-20(37(38)39)3-5-24(23)31)34-26-16-21(35-6-10-40-11-7-35)17-32-29(26)36-8-12-41-13-9-36;1-8-15(17)11-4-2-9(18)6-14(11)20-16(8)12-7-10(21(22)23)3-5-13(12)19/h2-5,14-17H,6-13H2,1H3,(H,33,34);2-7H,1H3. The first-order chi connectivity index (χ1) is 30.8. The van der Waals surface area contributed by atoms with Crippen molar-refractivity contribution in [1.29, 1.82) is 0 Å². The van der Waals surface area contributed by atoms with Crippen LogP contribution in [0.5, 0.6) is 0 Å². The molecule has 19 heteroatoms. The molecule has 2 aliphatic heterocycles. The zero-order chi connectivity index (χ0) is 45.2. The van der Waals surface area contributed by atoms with Crippen LogP contribution in [0.2, 0.25) is 5.02 Å². The van der Waals surface area contributed by atoms with E-state index in [4.69, 9.17) is 26.1 Å². The maximum Gasteiger partial charge on any atom is 0.270 e. The van der Waals surface area contributed by atoms with Gasteiger partial charge in [-0.3, -0.25) is 20.2 Å². The second-order valence-corrected chi connectivity index (χ2v) is 15.3. The molecule has 2 aliphatic rings. The SMILES string of the molecule is Cc1c(-c2cc([N+](=O)[O-])ccc2F)nc2cc(F)ccc2c1Cl.Cc1c(-c2cc([N+](=O)[O-])ccc2F)nc2cc(F)ccc2c1Nc1cc(N2CCOCC2)cnc1N1CCOCC1. The quantitative estimate of drug-likeness (QED) is 0.0874. The summed E-state index contributed by atoms with van der Waals surface area (Å²) in [6.45, 7) is 8.53. The Hall–Kier alpha value is -7.02. The summed E-state index contributed by atoms with van der Waals surface area (Å²) in [6, 6.07) is 16.6. The summed E-state index contributed by atoms with van der Waals surface area (Å²) in [5, 5.41) is 27.3. The van der Waals surface area contributed by atoms with Crippen LogP contribution in [0.25, 0.3) is 44.3 Å². The van der Waals surface area contributed by atoms with Gasteiger partial charge in [-0.2, -0.15) is 0 Å². The number of nitrogens with zero attached hydrogens (tertiary/aromatic N) is 7. The molecule has 0 atom stereocenters. The van der Waals surface area contributed by atoms with Gasteiger partial charge in [0.05, 0.1) is 87.0 Å². The van der Waals surface area contributed by atoms with Crippen LogP contribution in [0.1, 0.15) is 11.1 Å². The number of pyridine rings is 3. The predicted molar refractivity (Wildman–Crippen MR) is 236 cm³/mol. The predicted octanol–water partition coefficient (Wildman–Crippen LogP) is 10.3. The molecule has 4 aromatic carbocycles. The lowest BCUT2D eigenvalue weighted by atomic mass is 10.0. The Morgan fingerprint density at radius 1 is 0.656 bits per heavy atom. The number of rotatable bonds is 8. The normalized spacial score (nSPS) is 14.0. The van der Waals surface area contributed by atoms with E-state index in [1.54, 1.807) is 19.9 Å². The number of halogens is 5. The molecule has 1 N–H and O–H groups in total. The number of nitrogens with one attached hydrogen (secondary N) is 1. The second-order valence-electron chi connectivity index (χ2n) is 14.9. The summed E-state index contributed by atoms with van der Waals surface area (Å²) in [7, 11) is 0. The van der Waals surface area contributed by atoms with Crippen molar-refractivity contribution in [3.63, 3.8) is 0 Å². The highest BCUT2D eigenvalue weighted by molar-refractivity contribution is 6.36. The Morgan fingerprint density at radius 2 is 1.16 bits per heavy atom. The summed E-state index contributed by atoms with van der Waals surface area (Å²) in [4.78, 5) is 39.1. The van der Waals surface area contributed by atoms with Crippen molar-refractivity contribution < 1.29 is 36.9 Å². The van der Waals surface area contributed by atoms with E-state index >= 15 is 4.39 Å². The molecule has 9 rings (SSSR count). The number of ether oxygens (including phenoxy) is 2. The molecule has 0 spiro atoms. The number of non-ortho nitro benzene ring substituents is 2. The molecule has 3 aromatic heterocycles. The van der Waals surface area contributed by atoms with Crippen molar-refractivity contribution in [3.05, 3.63) is 145 Å². The van der Waals surface area contributed by atoms with Gasteiger partial charge in [0.15, 0.2) is 5.82 Å². The number of fused-ring (bicyclic) bond motifs is 2. The van der Waals surface area contributed by atoms with Crippen LogP contribution < -0.4 is 15.1 Å². The zero-order valence-corrected chi connectivity index (χ0v) is 35.0. The first-order valence-corrected chi connectivity index (χ1v) is 20.3. The largest absolute Gasteiger partial charge is 0.378 e. The molecule has 0 unspecified atom stereocenters. The molecule has 14 nitrogen and oxygen atoms in total. The number of nitro benzene ring substituents is 2. The molecule has 328 valence electrons. The van der Waals surface area contributed by atoms with Gasteiger partial charge in [-0.15, -0.1) is 0 Å². The van der Waals surface area contributed by atoms with E-state index in [0.29, 0.717) is 77.8 Å². The number of aromatic nitrogens is 3. The third kappa shape index (κ3) is 8.92. The van der Waals surface area contributed by atoms with Crippen LogP contribution in [-0.4, -0.2) is 77.4 Å². The van der Waals surface area contributed by atoms with Gasteiger partial charge >= 0.3 is 0 Å². The Kier molecular flexibility index (Phi) is 12.5. The molecule has 2 saturated heterocycles. The molecule has 0 bridgehead atoms. The van der Waals surface area contributed by atoms with Crippen LogP contribution in [0, 0.1) is 57.3 Å². The van der Waals surface area contributed by atoms with E-state index in [-0.39, 0.29) is 44.9 Å². The Morgan fingerprint density at radius 3 is 1.70 bits per heavy atom. The highest BCUT2D eigenvalue weighted by atomic mass is 35.5. The van der Waals surface area contributed by atoms with Crippen LogP contribution in [-0.2, 0) is 9.47 Å². The third-order valence-electron chi connectivity index (χ3n) is 10.9. The molecule has 0 radical (unpaired) electrons. The highest BCUT2D eigenvalue weighted by Crippen LogP contribution is 2.40. The highest BCUT2D eigenvalue weighted by Gasteiger charge is 2.24. The van der Waals surface area contributed by atoms with Gasteiger partial charge in [-0.05, 0) is 67.4 Å². The van der Waals surface area contributed by atoms with Crippen LogP contribution >= 0.6 is 11.6 Å². The maximum atomic E-state index is 15.1. The summed E-state index contributed by atoms with van der Waals surface area (Å²) >= 11 is 6.27. The van der Waals surface area contributed by atoms with Crippen molar-refractivity contribution in [1.82, 2.24) is 15.0 Å². The fourth-order valence-electron chi connectivity index (χ4n) is 7.62. The Balaban J connectivity index is 0.000000206. The molecule has 7 aromatic rings. The zero-order valence-electron chi connectivity index (χ0n) is 34.2. The molecular weight excluding hydrogens is 860 g/mol. The van der Waals surface area contributed by atoms with Gasteiger partial charge in [0.25, 0.3) is 11.4 Å². The van der Waals surface area contributed by atoms with Gasteiger partial charge in [-0.1, -0.05) is 11.6 Å². The van der Waals surface area contributed by atoms with Gasteiger partial charge in [0, 0.05) is 84.5 Å². The molecule has 2 fully saturated rings. The lowest BCUT2D eigenvalue weighted by Crippen LogP contribution is -2.38. The lowest BCUT2D eigenvalue weighted by molar-refractivity contribution is -0.385. The smallest absolute Gasteiger partial charge is 0.270 e. The number of benzene rings is 4. The van der Waals surface area contributed by atoms with Crippen LogP contribution in [0.3, 0.4) is 0 Å². The summed E-state index contributed by atoms with van der Waals surface area (Å²) in [5.41, 5.74) is 3.44. The van der Waals surface area contributed by atoms with E-state index in [1.807, 2.05) is 12.3 Å². The van der Waals surface area contributed by atoms with Gasteiger partial charge < -0.3 is 24.6 Å². The minimum atomic E-state index is -0.669. The number of morpholine rings is 2. The average Bonchev–Trinajstić information content (AvgIpc) is 3.29. The molecule has 5 heterocycles. The fourth-order valence-corrected chi connectivity index (χ4v) is 7.87. The number of hydrogen-bond acceptors (Lipinski definition) is 12. The summed E-state index contributed by atoms with van der Waals surface area (Å²) in [6.07, 6.45) is 1.85. The topological polar surface area (TPSA) is 162 Å². The van der Waals surface area contributed by atoms with Gasteiger partial charge in [0.1, 0.15) is 23.3 Å². The van der Waals surface area contributed by atoms with E-state index in [1.165, 1.54) is 30.3 Å².